The number of halogens is 2. The van der Waals surface area contributed by atoms with Gasteiger partial charge in [0.15, 0.2) is 0 Å². The lowest BCUT2D eigenvalue weighted by Gasteiger charge is -2.10. The Bertz CT molecular complexity index is 1130. The van der Waals surface area contributed by atoms with Gasteiger partial charge in [0.2, 0.25) is 5.88 Å². The minimum absolute atomic E-state index is 0.00447. The number of aromatic nitrogens is 3. The predicted octanol–water partition coefficient (Wildman–Crippen LogP) is 2.74. The number of hydrogen-bond acceptors (Lipinski definition) is 6. The largest absolute Gasteiger partial charge is 0.481 e. The Balaban J connectivity index is 1.88. The third kappa shape index (κ3) is 4.05. The molecule has 0 aliphatic rings. The van der Waals surface area contributed by atoms with Crippen LogP contribution in [0.15, 0.2) is 58.5 Å². The van der Waals surface area contributed by atoms with Gasteiger partial charge in [0.05, 0.1) is 40.8 Å². The highest BCUT2D eigenvalue weighted by Crippen LogP contribution is 2.19. The number of nitrogens with zero attached hydrogens (tertiary/aromatic N) is 3. The molecular formula is C16H12Cl2N4O4S. The minimum Gasteiger partial charge on any atom is -0.481 e. The highest BCUT2D eigenvalue weighted by molar-refractivity contribution is 7.92. The first kappa shape index (κ1) is 19.2. The third-order valence-corrected chi connectivity index (χ3v) is 5.61. The van der Waals surface area contributed by atoms with Crippen molar-refractivity contribution < 1.29 is 13.2 Å². The van der Waals surface area contributed by atoms with Gasteiger partial charge in [-0.25, -0.2) is 13.4 Å². The molecule has 2 heterocycles. The molecule has 3 aromatic rings. The van der Waals surface area contributed by atoms with Crippen LogP contribution < -0.4 is 15.0 Å². The number of nitrogens with one attached hydrogen (secondary N) is 1. The molecular weight excluding hydrogens is 415 g/mol. The molecule has 2 aromatic heterocycles. The van der Waals surface area contributed by atoms with Gasteiger partial charge in [-0.1, -0.05) is 23.2 Å². The van der Waals surface area contributed by atoms with E-state index in [0.717, 1.165) is 4.68 Å². The van der Waals surface area contributed by atoms with Gasteiger partial charge in [-0.3, -0.25) is 9.52 Å². The van der Waals surface area contributed by atoms with Crippen LogP contribution in [-0.2, 0) is 10.0 Å². The summed E-state index contributed by atoms with van der Waals surface area (Å²) in [4.78, 5) is 16.0. The number of ether oxygens (including phenoxy) is 1. The summed E-state index contributed by atoms with van der Waals surface area (Å²) in [5.41, 5.74) is 0.00748. The van der Waals surface area contributed by atoms with Crippen LogP contribution in [0.3, 0.4) is 0 Å². The second-order valence-corrected chi connectivity index (χ2v) is 7.68. The molecule has 0 amide bonds. The lowest BCUT2D eigenvalue weighted by Crippen LogP contribution is -2.21. The molecule has 0 unspecified atom stereocenters. The van der Waals surface area contributed by atoms with E-state index in [1.54, 1.807) is 0 Å². The zero-order valence-corrected chi connectivity index (χ0v) is 16.1. The standard InChI is InChI=1S/C16H12Cl2N4O4S/c1-26-14-7-2-10(8-19-14)21-27(24,25)12-5-3-11(4-6-12)22-16(23)15(18)13(17)9-20-22/h2-9,21H,1H3. The van der Waals surface area contributed by atoms with E-state index in [1.165, 1.54) is 55.9 Å². The van der Waals surface area contributed by atoms with E-state index >= 15 is 0 Å². The number of rotatable bonds is 5. The number of anilines is 1. The maximum Gasteiger partial charge on any atom is 0.291 e. The highest BCUT2D eigenvalue weighted by Gasteiger charge is 2.16. The van der Waals surface area contributed by atoms with Crippen LogP contribution in [0.4, 0.5) is 5.69 Å². The molecule has 140 valence electrons. The van der Waals surface area contributed by atoms with E-state index in [1.807, 2.05) is 0 Å². The van der Waals surface area contributed by atoms with Crippen LogP contribution in [-0.4, -0.2) is 30.3 Å². The summed E-state index contributed by atoms with van der Waals surface area (Å²) in [5.74, 6) is 0.363. The Kier molecular flexibility index (Phi) is 5.36. The minimum atomic E-state index is -3.84. The van der Waals surface area contributed by atoms with Crippen molar-refractivity contribution in [3.05, 3.63) is 69.2 Å². The molecule has 11 heteroatoms. The number of hydrogen-bond donors (Lipinski definition) is 1. The van der Waals surface area contributed by atoms with Gasteiger partial charge >= 0.3 is 0 Å². The third-order valence-electron chi connectivity index (χ3n) is 3.47. The molecule has 0 saturated carbocycles. The van der Waals surface area contributed by atoms with Crippen LogP contribution in [0.25, 0.3) is 5.69 Å². The van der Waals surface area contributed by atoms with Gasteiger partial charge in [0.25, 0.3) is 15.6 Å². The maximum absolute atomic E-state index is 12.5. The summed E-state index contributed by atoms with van der Waals surface area (Å²) in [7, 11) is -2.38. The molecule has 0 fully saturated rings. The van der Waals surface area contributed by atoms with Crippen molar-refractivity contribution in [1.29, 1.82) is 0 Å². The molecule has 1 N–H and O–H groups in total. The molecule has 8 nitrogen and oxygen atoms in total. The fourth-order valence-electron chi connectivity index (χ4n) is 2.14. The number of methoxy groups -OCH3 is 1. The SMILES string of the molecule is COc1ccc(NS(=O)(=O)c2ccc(-n3ncc(Cl)c(Cl)c3=O)cc2)cn1. The van der Waals surface area contributed by atoms with E-state index in [2.05, 4.69) is 14.8 Å². The monoisotopic (exact) mass is 426 g/mol. The van der Waals surface area contributed by atoms with E-state index < -0.39 is 15.6 Å². The van der Waals surface area contributed by atoms with E-state index in [4.69, 9.17) is 27.9 Å². The summed E-state index contributed by atoms with van der Waals surface area (Å²) in [5, 5.41) is 3.75. The van der Waals surface area contributed by atoms with Gasteiger partial charge in [-0.2, -0.15) is 9.78 Å². The Hall–Kier alpha value is -2.62. The summed E-state index contributed by atoms with van der Waals surface area (Å²) < 4.78 is 33.3. The smallest absolute Gasteiger partial charge is 0.291 e. The molecule has 27 heavy (non-hydrogen) atoms. The fraction of sp³-hybridized carbons (Fsp3) is 0.0625. The van der Waals surface area contributed by atoms with Crippen LogP contribution in [0.2, 0.25) is 10.0 Å². The predicted molar refractivity (Wildman–Crippen MR) is 101 cm³/mol. The van der Waals surface area contributed by atoms with Crippen molar-refractivity contribution in [1.82, 2.24) is 14.8 Å². The van der Waals surface area contributed by atoms with Crippen molar-refractivity contribution in [2.24, 2.45) is 0 Å². The van der Waals surface area contributed by atoms with Crippen molar-refractivity contribution in [2.45, 2.75) is 4.90 Å². The normalized spacial score (nSPS) is 11.2. The molecule has 1 aromatic carbocycles. The summed E-state index contributed by atoms with van der Waals surface area (Å²) in [6.45, 7) is 0. The molecule has 0 bridgehead atoms. The van der Waals surface area contributed by atoms with Crippen LogP contribution in [0.5, 0.6) is 5.88 Å². The Morgan fingerprint density at radius 2 is 1.78 bits per heavy atom. The lowest BCUT2D eigenvalue weighted by molar-refractivity contribution is 0.398. The molecule has 0 aliphatic heterocycles. The Morgan fingerprint density at radius 3 is 2.37 bits per heavy atom. The highest BCUT2D eigenvalue weighted by atomic mass is 35.5. The van der Waals surface area contributed by atoms with Gasteiger partial charge in [-0.15, -0.1) is 0 Å². The molecule has 0 aliphatic carbocycles. The number of benzene rings is 1. The topological polar surface area (TPSA) is 103 Å². The van der Waals surface area contributed by atoms with Crippen molar-refractivity contribution in [3.63, 3.8) is 0 Å². The van der Waals surface area contributed by atoms with E-state index in [0.29, 0.717) is 11.6 Å². The zero-order chi connectivity index (χ0) is 19.6. The Labute approximate surface area is 164 Å². The fourth-order valence-corrected chi connectivity index (χ4v) is 3.44. The van der Waals surface area contributed by atoms with E-state index in [9.17, 15) is 13.2 Å². The first-order valence-electron chi connectivity index (χ1n) is 7.38. The summed E-state index contributed by atoms with van der Waals surface area (Å²) in [6, 6.07) is 8.59. The van der Waals surface area contributed by atoms with Crippen LogP contribution >= 0.6 is 23.2 Å². The maximum atomic E-state index is 12.5. The first-order chi connectivity index (χ1) is 12.8. The lowest BCUT2D eigenvalue weighted by atomic mass is 10.3. The quantitative estimate of drug-likeness (QED) is 0.672. The average Bonchev–Trinajstić information content (AvgIpc) is 2.67. The molecule has 0 radical (unpaired) electrons. The average molecular weight is 427 g/mol. The summed E-state index contributed by atoms with van der Waals surface area (Å²) >= 11 is 11.6. The van der Waals surface area contributed by atoms with Crippen LogP contribution in [0.1, 0.15) is 0 Å². The zero-order valence-electron chi connectivity index (χ0n) is 13.8. The molecule has 3 rings (SSSR count). The van der Waals surface area contributed by atoms with Gasteiger partial charge in [-0.05, 0) is 30.3 Å². The molecule has 0 atom stereocenters. The second kappa shape index (κ2) is 7.55. The van der Waals surface area contributed by atoms with Crippen LogP contribution in [0, 0.1) is 0 Å². The molecule has 0 saturated heterocycles. The van der Waals surface area contributed by atoms with Crippen molar-refractivity contribution in [3.8, 4) is 11.6 Å². The molecule has 0 spiro atoms. The van der Waals surface area contributed by atoms with Gasteiger partial charge in [0, 0.05) is 6.07 Å². The van der Waals surface area contributed by atoms with Gasteiger partial charge in [0.1, 0.15) is 5.02 Å². The summed E-state index contributed by atoms with van der Waals surface area (Å²) in [6.07, 6.45) is 2.57. The first-order valence-corrected chi connectivity index (χ1v) is 9.62. The van der Waals surface area contributed by atoms with Crippen molar-refractivity contribution in [2.75, 3.05) is 11.8 Å². The second-order valence-electron chi connectivity index (χ2n) is 5.21. The van der Waals surface area contributed by atoms with Crippen molar-refractivity contribution >= 4 is 38.9 Å². The number of sulfonamides is 1. The van der Waals surface area contributed by atoms with E-state index in [-0.39, 0.29) is 20.6 Å². The Morgan fingerprint density at radius 1 is 1.07 bits per heavy atom. The number of pyridine rings is 1. The van der Waals surface area contributed by atoms with Gasteiger partial charge < -0.3 is 4.74 Å².